The molecule has 25 heavy (non-hydrogen) atoms. The summed E-state index contributed by atoms with van der Waals surface area (Å²) in [5, 5.41) is 4.53. The number of rotatable bonds is 6. The Hall–Kier alpha value is -2.74. The van der Waals surface area contributed by atoms with E-state index in [1.54, 1.807) is 12.1 Å². The number of methoxy groups -OCH3 is 2. The molecule has 0 aliphatic rings. The first-order valence-electron chi connectivity index (χ1n) is 7.15. The van der Waals surface area contributed by atoms with Crippen molar-refractivity contribution >= 4 is 35.6 Å². The lowest BCUT2D eigenvalue weighted by Crippen LogP contribution is -2.43. The van der Waals surface area contributed by atoms with Crippen LogP contribution in [0.1, 0.15) is 12.5 Å². The van der Waals surface area contributed by atoms with Crippen LogP contribution in [-0.2, 0) is 14.3 Å². The molecule has 1 atom stereocenters. The van der Waals surface area contributed by atoms with Crippen LogP contribution in [0.4, 0.5) is 4.79 Å². The minimum Gasteiger partial charge on any atom is -0.493 e. The molecule has 1 aromatic rings. The lowest BCUT2D eigenvalue weighted by molar-refractivity contribution is -0.149. The molecule has 0 aliphatic carbocycles. The SMILES string of the molecule is CNC(=O)NC(=O)[C@H](C)OC(=O)/C=C/c1cc(Cl)c(OC)c(OC)c1. The largest absolute Gasteiger partial charge is 0.493 e. The van der Waals surface area contributed by atoms with Crippen molar-refractivity contribution in [2.45, 2.75) is 13.0 Å². The third kappa shape index (κ3) is 6.00. The monoisotopic (exact) mass is 370 g/mol. The number of amides is 3. The third-order valence-corrected chi connectivity index (χ3v) is 3.27. The number of esters is 1. The molecule has 136 valence electrons. The smallest absolute Gasteiger partial charge is 0.331 e. The van der Waals surface area contributed by atoms with Crippen molar-refractivity contribution in [2.75, 3.05) is 21.3 Å². The third-order valence-electron chi connectivity index (χ3n) is 2.99. The molecule has 0 saturated carbocycles. The van der Waals surface area contributed by atoms with Crippen LogP contribution in [0, 0.1) is 0 Å². The Balaban J connectivity index is 2.75. The average Bonchev–Trinajstić information content (AvgIpc) is 2.58. The van der Waals surface area contributed by atoms with Gasteiger partial charge in [-0.3, -0.25) is 10.1 Å². The van der Waals surface area contributed by atoms with E-state index in [-0.39, 0.29) is 0 Å². The van der Waals surface area contributed by atoms with E-state index in [4.69, 9.17) is 25.8 Å². The highest BCUT2D eigenvalue weighted by molar-refractivity contribution is 6.32. The van der Waals surface area contributed by atoms with E-state index in [1.807, 2.05) is 5.32 Å². The van der Waals surface area contributed by atoms with E-state index in [1.165, 1.54) is 34.3 Å². The molecule has 0 aliphatic heterocycles. The summed E-state index contributed by atoms with van der Waals surface area (Å²) in [6.45, 7) is 1.34. The van der Waals surface area contributed by atoms with Crippen molar-refractivity contribution in [3.63, 3.8) is 0 Å². The zero-order valence-electron chi connectivity index (χ0n) is 14.2. The van der Waals surface area contributed by atoms with Gasteiger partial charge >= 0.3 is 12.0 Å². The van der Waals surface area contributed by atoms with Gasteiger partial charge in [0.1, 0.15) is 0 Å². The topological polar surface area (TPSA) is 103 Å². The Kier molecular flexibility index (Phi) is 7.74. The number of hydrogen-bond acceptors (Lipinski definition) is 6. The molecule has 0 saturated heterocycles. The van der Waals surface area contributed by atoms with Crippen LogP contribution in [0.2, 0.25) is 5.02 Å². The Morgan fingerprint density at radius 1 is 1.20 bits per heavy atom. The first-order chi connectivity index (χ1) is 11.8. The fourth-order valence-electron chi connectivity index (χ4n) is 1.74. The number of nitrogens with one attached hydrogen (secondary N) is 2. The summed E-state index contributed by atoms with van der Waals surface area (Å²) in [5.41, 5.74) is 0.571. The van der Waals surface area contributed by atoms with Gasteiger partial charge in [-0.25, -0.2) is 9.59 Å². The second-order valence-corrected chi connectivity index (χ2v) is 5.13. The number of benzene rings is 1. The van der Waals surface area contributed by atoms with Crippen molar-refractivity contribution in [3.8, 4) is 11.5 Å². The highest BCUT2D eigenvalue weighted by Gasteiger charge is 2.18. The van der Waals surface area contributed by atoms with Gasteiger partial charge < -0.3 is 19.5 Å². The molecule has 2 N–H and O–H groups in total. The Labute approximate surface area is 150 Å². The number of urea groups is 1. The second-order valence-electron chi connectivity index (χ2n) is 4.72. The molecule has 1 rings (SSSR count). The van der Waals surface area contributed by atoms with Crippen molar-refractivity contribution < 1.29 is 28.6 Å². The van der Waals surface area contributed by atoms with Crippen molar-refractivity contribution in [1.29, 1.82) is 0 Å². The number of imide groups is 1. The predicted molar refractivity (Wildman–Crippen MR) is 91.7 cm³/mol. The maximum Gasteiger partial charge on any atom is 0.331 e. The average molecular weight is 371 g/mol. The number of ether oxygens (including phenoxy) is 3. The summed E-state index contributed by atoms with van der Waals surface area (Å²) in [5.74, 6) is -0.717. The Morgan fingerprint density at radius 3 is 2.44 bits per heavy atom. The predicted octanol–water partition coefficient (Wildman–Crippen LogP) is 1.76. The van der Waals surface area contributed by atoms with Crippen LogP contribution in [0.3, 0.4) is 0 Å². The molecule has 1 aromatic carbocycles. The van der Waals surface area contributed by atoms with Gasteiger partial charge in [0.2, 0.25) is 0 Å². The van der Waals surface area contributed by atoms with E-state index in [2.05, 4.69) is 5.32 Å². The van der Waals surface area contributed by atoms with E-state index >= 15 is 0 Å². The Bertz CT molecular complexity index is 689. The van der Waals surface area contributed by atoms with Crippen LogP contribution < -0.4 is 20.1 Å². The Morgan fingerprint density at radius 2 is 1.88 bits per heavy atom. The van der Waals surface area contributed by atoms with Gasteiger partial charge in [0.25, 0.3) is 5.91 Å². The summed E-state index contributed by atoms with van der Waals surface area (Å²) in [7, 11) is 4.28. The summed E-state index contributed by atoms with van der Waals surface area (Å²) in [6.07, 6.45) is 1.43. The fraction of sp³-hybridized carbons (Fsp3) is 0.312. The lowest BCUT2D eigenvalue weighted by atomic mass is 10.2. The number of carbonyl (C=O) groups excluding carboxylic acids is 3. The first-order valence-corrected chi connectivity index (χ1v) is 7.53. The fourth-order valence-corrected chi connectivity index (χ4v) is 2.04. The number of halogens is 1. The molecular weight excluding hydrogens is 352 g/mol. The molecule has 0 aromatic heterocycles. The zero-order valence-corrected chi connectivity index (χ0v) is 15.0. The van der Waals surface area contributed by atoms with Gasteiger partial charge in [0.05, 0.1) is 19.2 Å². The molecule has 8 nitrogen and oxygen atoms in total. The minimum absolute atomic E-state index is 0.313. The van der Waals surface area contributed by atoms with E-state index in [0.717, 1.165) is 6.08 Å². The molecule has 0 bridgehead atoms. The van der Waals surface area contributed by atoms with Gasteiger partial charge in [-0.2, -0.15) is 0 Å². The van der Waals surface area contributed by atoms with E-state index in [9.17, 15) is 14.4 Å². The van der Waals surface area contributed by atoms with Gasteiger partial charge in [0, 0.05) is 13.1 Å². The molecule has 3 amide bonds. The summed E-state index contributed by atoms with van der Waals surface area (Å²) in [6, 6.07) is 2.51. The summed E-state index contributed by atoms with van der Waals surface area (Å²) < 4.78 is 15.2. The minimum atomic E-state index is -1.14. The van der Waals surface area contributed by atoms with Crippen molar-refractivity contribution in [2.24, 2.45) is 0 Å². The molecule has 0 spiro atoms. The van der Waals surface area contributed by atoms with Crippen LogP contribution in [0.25, 0.3) is 6.08 Å². The highest BCUT2D eigenvalue weighted by Crippen LogP contribution is 2.36. The van der Waals surface area contributed by atoms with Gasteiger partial charge in [0.15, 0.2) is 17.6 Å². The maximum atomic E-state index is 11.8. The standard InChI is InChI=1S/C16H19ClN2O6/c1-9(15(21)19-16(22)18-2)25-13(20)6-5-10-7-11(17)14(24-4)12(8-10)23-3/h5-9H,1-4H3,(H2,18,19,21,22)/b6-5+/t9-/m0/s1. The van der Waals surface area contributed by atoms with E-state index in [0.29, 0.717) is 22.1 Å². The van der Waals surface area contributed by atoms with Gasteiger partial charge in [-0.05, 0) is 30.7 Å². The van der Waals surface area contributed by atoms with Gasteiger partial charge in [-0.1, -0.05) is 11.6 Å². The highest BCUT2D eigenvalue weighted by atomic mass is 35.5. The second kappa shape index (κ2) is 9.53. The molecule has 9 heteroatoms. The maximum absolute atomic E-state index is 11.8. The van der Waals surface area contributed by atoms with Crippen LogP contribution in [-0.4, -0.2) is 45.3 Å². The first kappa shape index (κ1) is 20.3. The lowest BCUT2D eigenvalue weighted by Gasteiger charge is -2.11. The van der Waals surface area contributed by atoms with Crippen molar-refractivity contribution in [1.82, 2.24) is 10.6 Å². The quantitative estimate of drug-likeness (QED) is 0.584. The van der Waals surface area contributed by atoms with Crippen LogP contribution in [0.5, 0.6) is 11.5 Å². The van der Waals surface area contributed by atoms with Crippen molar-refractivity contribution in [3.05, 3.63) is 28.8 Å². The number of carbonyl (C=O) groups is 3. The summed E-state index contributed by atoms with van der Waals surface area (Å²) in [4.78, 5) is 34.4. The molecular formula is C16H19ClN2O6. The van der Waals surface area contributed by atoms with Crippen LogP contribution in [0.15, 0.2) is 18.2 Å². The van der Waals surface area contributed by atoms with E-state index < -0.39 is 24.0 Å². The zero-order chi connectivity index (χ0) is 19.0. The molecule has 0 heterocycles. The molecule has 0 radical (unpaired) electrons. The summed E-state index contributed by atoms with van der Waals surface area (Å²) >= 11 is 6.07. The molecule has 0 unspecified atom stereocenters. The van der Waals surface area contributed by atoms with Crippen LogP contribution >= 0.6 is 11.6 Å². The van der Waals surface area contributed by atoms with Gasteiger partial charge in [-0.15, -0.1) is 0 Å². The normalized spacial score (nSPS) is 11.6. The molecule has 0 fully saturated rings. The number of hydrogen-bond donors (Lipinski definition) is 2.